The van der Waals surface area contributed by atoms with Gasteiger partial charge in [-0.1, -0.05) is 17.3 Å². The summed E-state index contributed by atoms with van der Waals surface area (Å²) in [6.07, 6.45) is 4.72. The number of fused-ring (bicyclic) bond motifs is 1. The van der Waals surface area contributed by atoms with Crippen molar-refractivity contribution >= 4 is 17.2 Å². The largest absolute Gasteiger partial charge is 0.341 e. The van der Waals surface area contributed by atoms with Crippen molar-refractivity contribution in [2.24, 2.45) is 7.05 Å². The Morgan fingerprint density at radius 1 is 1.33 bits per heavy atom. The number of benzene rings is 1. The lowest BCUT2D eigenvalue weighted by Crippen LogP contribution is -2.00. The maximum atomic E-state index is 11.1. The second-order valence-electron chi connectivity index (χ2n) is 4.23. The lowest BCUT2D eigenvalue weighted by atomic mass is 10.1. The predicted octanol–water partition coefficient (Wildman–Crippen LogP) is 1.63. The van der Waals surface area contributed by atoms with E-state index >= 15 is 0 Å². The van der Waals surface area contributed by atoms with Gasteiger partial charge in [0.1, 0.15) is 5.69 Å². The lowest BCUT2D eigenvalue weighted by molar-refractivity contribution is 0.112. The normalized spacial score (nSPS) is 10.9. The molecule has 3 rings (SSSR count). The van der Waals surface area contributed by atoms with Gasteiger partial charge in [0.15, 0.2) is 6.29 Å². The van der Waals surface area contributed by atoms with Gasteiger partial charge in [-0.25, -0.2) is 0 Å². The van der Waals surface area contributed by atoms with Crippen molar-refractivity contribution in [3.63, 3.8) is 0 Å². The number of nitrogens with zero attached hydrogens (tertiary/aromatic N) is 4. The molecule has 3 aromatic rings. The van der Waals surface area contributed by atoms with Gasteiger partial charge in [0.2, 0.25) is 0 Å². The highest BCUT2D eigenvalue weighted by atomic mass is 16.1. The minimum atomic E-state index is 0.613. The van der Waals surface area contributed by atoms with Crippen LogP contribution in [0.15, 0.2) is 36.7 Å². The van der Waals surface area contributed by atoms with Gasteiger partial charge in [-0.15, -0.1) is 5.10 Å². The first-order valence-corrected chi connectivity index (χ1v) is 5.66. The number of aromatic nitrogens is 4. The van der Waals surface area contributed by atoms with E-state index in [2.05, 4.69) is 10.3 Å². The summed E-state index contributed by atoms with van der Waals surface area (Å²) < 4.78 is 3.69. The second kappa shape index (κ2) is 4.10. The molecular weight excluding hydrogens is 228 g/mol. The van der Waals surface area contributed by atoms with E-state index in [4.69, 9.17) is 0 Å². The molecule has 2 heterocycles. The Bertz CT molecular complexity index is 711. The average Bonchev–Trinajstić information content (AvgIpc) is 2.97. The van der Waals surface area contributed by atoms with E-state index in [1.54, 1.807) is 4.68 Å². The van der Waals surface area contributed by atoms with Crippen molar-refractivity contribution in [2.75, 3.05) is 0 Å². The van der Waals surface area contributed by atoms with E-state index in [-0.39, 0.29) is 0 Å². The number of para-hydroxylation sites is 1. The molecule has 18 heavy (non-hydrogen) atoms. The van der Waals surface area contributed by atoms with Crippen molar-refractivity contribution in [1.82, 2.24) is 19.6 Å². The number of carbonyl (C=O) groups is 1. The first kappa shape index (κ1) is 10.7. The van der Waals surface area contributed by atoms with E-state index in [9.17, 15) is 4.79 Å². The Morgan fingerprint density at radius 3 is 2.94 bits per heavy atom. The fraction of sp³-hybridized carbons (Fsp3) is 0.154. The van der Waals surface area contributed by atoms with Crippen LogP contribution in [0.25, 0.3) is 10.9 Å². The van der Waals surface area contributed by atoms with E-state index in [0.717, 1.165) is 22.9 Å². The van der Waals surface area contributed by atoms with Crippen LogP contribution in [0, 0.1) is 0 Å². The van der Waals surface area contributed by atoms with Gasteiger partial charge in [-0.2, -0.15) is 0 Å². The summed E-state index contributed by atoms with van der Waals surface area (Å²) >= 11 is 0. The van der Waals surface area contributed by atoms with Gasteiger partial charge in [-0.05, 0) is 12.1 Å². The minimum Gasteiger partial charge on any atom is -0.341 e. The topological polar surface area (TPSA) is 52.7 Å². The third-order valence-corrected chi connectivity index (χ3v) is 2.93. The molecule has 0 spiro atoms. The molecule has 5 heteroatoms. The highest BCUT2D eigenvalue weighted by Gasteiger charge is 2.07. The van der Waals surface area contributed by atoms with Crippen molar-refractivity contribution in [3.05, 3.63) is 47.9 Å². The molecule has 0 N–H and O–H groups in total. The SMILES string of the molecule is Cn1cc(Cn2ccc3cccc(C=O)c32)nn1. The van der Waals surface area contributed by atoms with Crippen molar-refractivity contribution < 1.29 is 4.79 Å². The summed E-state index contributed by atoms with van der Waals surface area (Å²) in [5, 5.41) is 9.02. The third kappa shape index (κ3) is 1.69. The van der Waals surface area contributed by atoms with Gasteiger partial charge in [-0.3, -0.25) is 9.48 Å². The fourth-order valence-corrected chi connectivity index (χ4v) is 2.16. The van der Waals surface area contributed by atoms with Gasteiger partial charge in [0.25, 0.3) is 0 Å². The molecule has 0 radical (unpaired) electrons. The summed E-state index contributed by atoms with van der Waals surface area (Å²) in [5.41, 5.74) is 2.51. The van der Waals surface area contributed by atoms with Gasteiger partial charge < -0.3 is 4.57 Å². The van der Waals surface area contributed by atoms with Crippen LogP contribution in [0.5, 0.6) is 0 Å². The number of hydrogen-bond acceptors (Lipinski definition) is 3. The number of carbonyl (C=O) groups excluding carboxylic acids is 1. The van der Waals surface area contributed by atoms with Crippen LogP contribution in [0.1, 0.15) is 16.1 Å². The summed E-state index contributed by atoms with van der Waals surface area (Å²) in [6, 6.07) is 7.70. The molecule has 0 saturated heterocycles. The summed E-state index contributed by atoms with van der Waals surface area (Å²) in [7, 11) is 1.83. The molecule has 0 bridgehead atoms. The molecule has 90 valence electrons. The molecule has 5 nitrogen and oxygen atoms in total. The zero-order valence-corrected chi connectivity index (χ0v) is 9.95. The van der Waals surface area contributed by atoms with Gasteiger partial charge >= 0.3 is 0 Å². The molecule has 0 aliphatic carbocycles. The molecule has 0 amide bonds. The maximum Gasteiger partial charge on any atom is 0.152 e. The van der Waals surface area contributed by atoms with Crippen LogP contribution < -0.4 is 0 Å². The number of rotatable bonds is 3. The smallest absolute Gasteiger partial charge is 0.152 e. The summed E-state index contributed by atoms with van der Waals surface area (Å²) in [6.45, 7) is 0.613. The Hall–Kier alpha value is -2.43. The zero-order chi connectivity index (χ0) is 12.5. The first-order valence-electron chi connectivity index (χ1n) is 5.66. The highest BCUT2D eigenvalue weighted by Crippen LogP contribution is 2.19. The molecule has 0 unspecified atom stereocenters. The molecule has 0 saturated carbocycles. The van der Waals surface area contributed by atoms with Crippen LogP contribution in [-0.2, 0) is 13.6 Å². The summed E-state index contributed by atoms with van der Waals surface area (Å²) in [5.74, 6) is 0. The third-order valence-electron chi connectivity index (χ3n) is 2.93. The van der Waals surface area contributed by atoms with Crippen LogP contribution >= 0.6 is 0 Å². The second-order valence-corrected chi connectivity index (χ2v) is 4.23. The Morgan fingerprint density at radius 2 is 2.22 bits per heavy atom. The Kier molecular flexibility index (Phi) is 2.44. The number of aryl methyl sites for hydroxylation is 1. The molecular formula is C13H12N4O. The Labute approximate surface area is 104 Å². The van der Waals surface area contributed by atoms with Gasteiger partial charge in [0.05, 0.1) is 12.1 Å². The molecule has 0 atom stereocenters. The number of aldehydes is 1. The zero-order valence-electron chi connectivity index (χ0n) is 9.95. The molecule has 0 aliphatic heterocycles. The monoisotopic (exact) mass is 240 g/mol. The van der Waals surface area contributed by atoms with Crippen LogP contribution in [-0.4, -0.2) is 25.8 Å². The highest BCUT2D eigenvalue weighted by molar-refractivity contribution is 5.96. The van der Waals surface area contributed by atoms with E-state index < -0.39 is 0 Å². The standard InChI is InChI=1S/C13H12N4O/c1-16-7-12(14-15-16)8-17-6-5-10-3-2-4-11(9-18)13(10)17/h2-7,9H,8H2,1H3. The quantitative estimate of drug-likeness (QED) is 0.654. The van der Waals surface area contributed by atoms with Crippen molar-refractivity contribution in [1.29, 1.82) is 0 Å². The number of hydrogen-bond donors (Lipinski definition) is 0. The van der Waals surface area contributed by atoms with Gasteiger partial charge in [0, 0.05) is 30.4 Å². The summed E-state index contributed by atoms with van der Waals surface area (Å²) in [4.78, 5) is 11.1. The van der Waals surface area contributed by atoms with Crippen molar-refractivity contribution in [2.45, 2.75) is 6.54 Å². The average molecular weight is 240 g/mol. The fourth-order valence-electron chi connectivity index (χ4n) is 2.16. The first-order chi connectivity index (χ1) is 8.78. The molecule has 1 aromatic carbocycles. The molecule has 2 aromatic heterocycles. The van der Waals surface area contributed by atoms with Crippen LogP contribution in [0.2, 0.25) is 0 Å². The van der Waals surface area contributed by atoms with E-state index in [1.165, 1.54) is 0 Å². The molecule has 0 aliphatic rings. The minimum absolute atomic E-state index is 0.613. The maximum absolute atomic E-state index is 11.1. The predicted molar refractivity (Wildman–Crippen MR) is 67.4 cm³/mol. The van der Waals surface area contributed by atoms with E-state index in [1.807, 2.05) is 48.3 Å². The van der Waals surface area contributed by atoms with Crippen LogP contribution in [0.4, 0.5) is 0 Å². The van der Waals surface area contributed by atoms with Crippen LogP contribution in [0.3, 0.4) is 0 Å². The molecule has 0 fully saturated rings. The van der Waals surface area contributed by atoms with E-state index in [0.29, 0.717) is 12.1 Å². The Balaban J connectivity index is 2.09. The lowest BCUT2D eigenvalue weighted by Gasteiger charge is -2.04. The van der Waals surface area contributed by atoms with Crippen molar-refractivity contribution in [3.8, 4) is 0 Å².